The van der Waals surface area contributed by atoms with E-state index in [1.807, 2.05) is 11.3 Å². The number of para-hydroxylation sites is 1. The molecule has 2 nitrogen and oxygen atoms in total. The van der Waals surface area contributed by atoms with Crippen LogP contribution in [0.3, 0.4) is 0 Å². The molecule has 0 atom stereocenters. The molecule has 51 heavy (non-hydrogen) atoms. The Morgan fingerprint density at radius 2 is 1.14 bits per heavy atom. The summed E-state index contributed by atoms with van der Waals surface area (Å²) in [6.07, 6.45) is 0. The Morgan fingerprint density at radius 3 is 2.00 bits per heavy atom. The average molecular weight is 671 g/mol. The second-order valence-corrected chi connectivity index (χ2v) is 15.0. The molecule has 3 heteroatoms. The standard InChI is InChI=1S/C48H34N2S/c1-48(2)41-20-9-6-17-37(41)38-28-27-36(30-42(38)48)50(34-25-23-32(24-26-34)31-13-4-3-5-14-31)35-16-12-15-33(29-35)46-47-45(39-18-7-10-21-43(39)49-46)40-19-8-11-22-44(40)51-47/h3-30H,1-2H3. The molecule has 0 amide bonds. The van der Waals surface area contributed by atoms with Crippen LogP contribution in [0.2, 0.25) is 0 Å². The lowest BCUT2D eigenvalue weighted by Gasteiger charge is -2.28. The van der Waals surface area contributed by atoms with Crippen molar-refractivity contribution in [3.63, 3.8) is 0 Å². The van der Waals surface area contributed by atoms with Crippen molar-refractivity contribution in [3.8, 4) is 33.5 Å². The van der Waals surface area contributed by atoms with Gasteiger partial charge in [-0.15, -0.1) is 11.3 Å². The number of aromatic nitrogens is 1. The van der Waals surface area contributed by atoms with Crippen LogP contribution < -0.4 is 4.90 Å². The number of hydrogen-bond donors (Lipinski definition) is 0. The fourth-order valence-electron chi connectivity index (χ4n) is 8.13. The molecule has 1 aliphatic rings. The lowest BCUT2D eigenvalue weighted by atomic mass is 9.82. The predicted octanol–water partition coefficient (Wildman–Crippen LogP) is 13.7. The molecule has 0 unspecified atom stereocenters. The van der Waals surface area contributed by atoms with Gasteiger partial charge in [-0.2, -0.15) is 0 Å². The largest absolute Gasteiger partial charge is 0.310 e. The Balaban J connectivity index is 1.17. The highest BCUT2D eigenvalue weighted by atomic mass is 32.1. The van der Waals surface area contributed by atoms with Crippen LogP contribution >= 0.6 is 11.3 Å². The van der Waals surface area contributed by atoms with E-state index in [2.05, 4.69) is 189 Å². The lowest BCUT2D eigenvalue weighted by Crippen LogP contribution is -2.16. The highest BCUT2D eigenvalue weighted by Gasteiger charge is 2.35. The maximum Gasteiger partial charge on any atom is 0.0889 e. The van der Waals surface area contributed by atoms with Gasteiger partial charge in [-0.25, -0.2) is 4.98 Å². The van der Waals surface area contributed by atoms with E-state index in [0.717, 1.165) is 33.8 Å². The van der Waals surface area contributed by atoms with Crippen LogP contribution in [0.15, 0.2) is 170 Å². The Labute approximate surface area is 301 Å². The molecule has 242 valence electrons. The number of nitrogens with zero attached hydrogens (tertiary/aromatic N) is 2. The third-order valence-corrected chi connectivity index (χ3v) is 11.8. The van der Waals surface area contributed by atoms with Crippen molar-refractivity contribution in [2.45, 2.75) is 19.3 Å². The maximum absolute atomic E-state index is 5.34. The SMILES string of the molecule is CC1(C)c2ccccc2-c2ccc(N(c3ccc(-c4ccccc4)cc3)c3cccc(-c4nc5ccccc5c5c4sc4ccccc45)c3)cc21. The number of anilines is 3. The van der Waals surface area contributed by atoms with Crippen LogP contribution in [-0.2, 0) is 5.41 Å². The second-order valence-electron chi connectivity index (χ2n) is 14.0. The van der Waals surface area contributed by atoms with E-state index in [4.69, 9.17) is 4.98 Å². The molecule has 7 aromatic carbocycles. The Morgan fingerprint density at radius 1 is 0.490 bits per heavy atom. The first-order valence-electron chi connectivity index (χ1n) is 17.5. The molecule has 1 aliphatic carbocycles. The van der Waals surface area contributed by atoms with E-state index in [-0.39, 0.29) is 5.41 Å². The number of benzene rings is 7. The highest BCUT2D eigenvalue weighted by molar-refractivity contribution is 7.26. The van der Waals surface area contributed by atoms with Gasteiger partial charge in [-0.1, -0.05) is 135 Å². The maximum atomic E-state index is 5.34. The van der Waals surface area contributed by atoms with Gasteiger partial charge in [-0.05, 0) is 81.9 Å². The van der Waals surface area contributed by atoms with Crippen molar-refractivity contribution in [3.05, 3.63) is 181 Å². The summed E-state index contributed by atoms with van der Waals surface area (Å²) in [6, 6.07) is 61.7. The summed E-state index contributed by atoms with van der Waals surface area (Å²) >= 11 is 1.84. The molecule has 2 aromatic heterocycles. The van der Waals surface area contributed by atoms with Gasteiger partial charge < -0.3 is 4.90 Å². The van der Waals surface area contributed by atoms with Gasteiger partial charge in [0.25, 0.3) is 0 Å². The third-order valence-electron chi connectivity index (χ3n) is 10.7. The molecule has 0 bridgehead atoms. The quantitative estimate of drug-likeness (QED) is 0.181. The van der Waals surface area contributed by atoms with Crippen LogP contribution in [0.5, 0.6) is 0 Å². The van der Waals surface area contributed by atoms with Gasteiger partial charge in [0.05, 0.1) is 15.9 Å². The average Bonchev–Trinajstić information content (AvgIpc) is 3.68. The molecule has 2 heterocycles. The summed E-state index contributed by atoms with van der Waals surface area (Å²) in [7, 11) is 0. The number of hydrogen-bond acceptors (Lipinski definition) is 3. The summed E-state index contributed by atoms with van der Waals surface area (Å²) in [4.78, 5) is 7.74. The minimum atomic E-state index is -0.103. The molecular weight excluding hydrogens is 637 g/mol. The topological polar surface area (TPSA) is 16.1 Å². The van der Waals surface area contributed by atoms with E-state index in [1.165, 1.54) is 58.9 Å². The van der Waals surface area contributed by atoms with Crippen LogP contribution in [-0.4, -0.2) is 4.98 Å². The van der Waals surface area contributed by atoms with Crippen LogP contribution in [0.25, 0.3) is 64.6 Å². The fraction of sp³-hybridized carbons (Fsp3) is 0.0625. The zero-order valence-electron chi connectivity index (χ0n) is 28.5. The summed E-state index contributed by atoms with van der Waals surface area (Å²) in [5.74, 6) is 0. The van der Waals surface area contributed by atoms with Gasteiger partial charge in [-0.3, -0.25) is 0 Å². The minimum Gasteiger partial charge on any atom is -0.310 e. The Bertz CT molecular complexity index is 2780. The monoisotopic (exact) mass is 670 g/mol. The molecule has 0 fully saturated rings. The van der Waals surface area contributed by atoms with Crippen LogP contribution in [0.1, 0.15) is 25.0 Å². The number of thiophene rings is 1. The number of pyridine rings is 1. The van der Waals surface area contributed by atoms with E-state index < -0.39 is 0 Å². The minimum absolute atomic E-state index is 0.103. The van der Waals surface area contributed by atoms with Gasteiger partial charge in [0, 0.05) is 48.9 Å². The van der Waals surface area contributed by atoms with Crippen molar-refractivity contribution in [2.75, 3.05) is 4.90 Å². The lowest BCUT2D eigenvalue weighted by molar-refractivity contribution is 0.660. The Kier molecular flexibility index (Phi) is 6.74. The predicted molar refractivity (Wildman–Crippen MR) is 218 cm³/mol. The smallest absolute Gasteiger partial charge is 0.0889 e. The van der Waals surface area contributed by atoms with Crippen molar-refractivity contribution in [1.29, 1.82) is 0 Å². The Hall–Kier alpha value is -6.03. The molecule has 0 spiro atoms. The van der Waals surface area contributed by atoms with Crippen molar-refractivity contribution in [1.82, 2.24) is 4.98 Å². The fourth-order valence-corrected chi connectivity index (χ4v) is 9.36. The second kappa shape index (κ2) is 11.5. The molecule has 10 rings (SSSR count). The first-order valence-corrected chi connectivity index (χ1v) is 18.4. The number of rotatable bonds is 5. The summed E-state index contributed by atoms with van der Waals surface area (Å²) < 4.78 is 2.51. The first kappa shape index (κ1) is 29.8. The van der Waals surface area contributed by atoms with Crippen molar-refractivity contribution >= 4 is 59.5 Å². The van der Waals surface area contributed by atoms with E-state index in [9.17, 15) is 0 Å². The summed E-state index contributed by atoms with van der Waals surface area (Å²) in [5, 5.41) is 3.78. The normalized spacial score (nSPS) is 13.1. The molecule has 0 N–H and O–H groups in total. The first-order chi connectivity index (χ1) is 25.0. The molecule has 0 aliphatic heterocycles. The summed E-state index contributed by atoms with van der Waals surface area (Å²) in [6.45, 7) is 4.70. The zero-order chi connectivity index (χ0) is 34.1. The van der Waals surface area contributed by atoms with Gasteiger partial charge in [0.15, 0.2) is 0 Å². The van der Waals surface area contributed by atoms with Gasteiger partial charge in [0.1, 0.15) is 0 Å². The van der Waals surface area contributed by atoms with Crippen molar-refractivity contribution in [2.24, 2.45) is 0 Å². The molecule has 0 saturated heterocycles. The van der Waals surface area contributed by atoms with E-state index >= 15 is 0 Å². The van der Waals surface area contributed by atoms with Crippen LogP contribution in [0.4, 0.5) is 17.1 Å². The molecule has 9 aromatic rings. The van der Waals surface area contributed by atoms with E-state index in [0.29, 0.717) is 0 Å². The molecule has 0 saturated carbocycles. The molecular formula is C48H34N2S. The summed E-state index contributed by atoms with van der Waals surface area (Å²) in [5.41, 5.74) is 14.2. The number of fused-ring (bicyclic) bond motifs is 8. The van der Waals surface area contributed by atoms with Crippen LogP contribution in [0, 0.1) is 0 Å². The molecule has 0 radical (unpaired) electrons. The highest BCUT2D eigenvalue weighted by Crippen LogP contribution is 2.51. The van der Waals surface area contributed by atoms with E-state index in [1.54, 1.807) is 0 Å². The zero-order valence-corrected chi connectivity index (χ0v) is 29.3. The van der Waals surface area contributed by atoms with Gasteiger partial charge in [0.2, 0.25) is 0 Å². The van der Waals surface area contributed by atoms with Crippen molar-refractivity contribution < 1.29 is 0 Å². The third kappa shape index (κ3) is 4.73. The van der Waals surface area contributed by atoms with Gasteiger partial charge >= 0.3 is 0 Å².